The molecule has 98 valence electrons. The molecule has 2 aromatic rings. The van der Waals surface area contributed by atoms with E-state index in [0.29, 0.717) is 12.1 Å². The molecule has 0 bridgehead atoms. The summed E-state index contributed by atoms with van der Waals surface area (Å²) in [5, 5.41) is 12.3. The summed E-state index contributed by atoms with van der Waals surface area (Å²) in [7, 11) is 0. The van der Waals surface area contributed by atoms with Gasteiger partial charge in [-0.2, -0.15) is 0 Å². The number of amides is 1. The van der Waals surface area contributed by atoms with Gasteiger partial charge in [0.2, 0.25) is 0 Å². The van der Waals surface area contributed by atoms with Crippen molar-refractivity contribution in [2.45, 2.75) is 6.42 Å². The third-order valence-corrected chi connectivity index (χ3v) is 3.05. The first-order valence-corrected chi connectivity index (χ1v) is 6.35. The third kappa shape index (κ3) is 3.73. The first-order valence-electron chi connectivity index (χ1n) is 5.97. The van der Waals surface area contributed by atoms with E-state index in [1.54, 1.807) is 6.07 Å². The lowest BCUT2D eigenvalue weighted by molar-refractivity contribution is 0.0954. The molecule has 4 heteroatoms. The first-order chi connectivity index (χ1) is 9.16. The van der Waals surface area contributed by atoms with E-state index in [9.17, 15) is 9.90 Å². The van der Waals surface area contributed by atoms with Crippen LogP contribution in [0, 0.1) is 0 Å². The van der Waals surface area contributed by atoms with Crippen molar-refractivity contribution in [2.75, 3.05) is 6.54 Å². The van der Waals surface area contributed by atoms with Gasteiger partial charge < -0.3 is 10.4 Å². The highest BCUT2D eigenvalue weighted by molar-refractivity contribution is 6.32. The number of carbonyl (C=O) groups is 1. The molecule has 0 aliphatic carbocycles. The van der Waals surface area contributed by atoms with Gasteiger partial charge in [0, 0.05) is 12.1 Å². The average molecular weight is 276 g/mol. The van der Waals surface area contributed by atoms with Crippen molar-refractivity contribution in [1.29, 1.82) is 0 Å². The fourth-order valence-electron chi connectivity index (χ4n) is 1.72. The molecule has 0 aliphatic rings. The zero-order chi connectivity index (χ0) is 13.7. The van der Waals surface area contributed by atoms with Gasteiger partial charge in [0.05, 0.1) is 5.02 Å². The van der Waals surface area contributed by atoms with Crippen molar-refractivity contribution in [1.82, 2.24) is 5.32 Å². The van der Waals surface area contributed by atoms with E-state index in [4.69, 9.17) is 11.6 Å². The summed E-state index contributed by atoms with van der Waals surface area (Å²) < 4.78 is 0. The summed E-state index contributed by atoms with van der Waals surface area (Å²) in [6, 6.07) is 14.3. The normalized spacial score (nSPS) is 10.2. The number of benzene rings is 2. The molecule has 0 fully saturated rings. The maximum Gasteiger partial charge on any atom is 0.251 e. The van der Waals surface area contributed by atoms with Gasteiger partial charge in [-0.05, 0) is 30.2 Å². The van der Waals surface area contributed by atoms with Crippen LogP contribution in [0.1, 0.15) is 15.9 Å². The predicted octanol–water partition coefficient (Wildman–Crippen LogP) is 3.02. The number of halogens is 1. The van der Waals surface area contributed by atoms with Crippen LogP contribution in [-0.2, 0) is 6.42 Å². The van der Waals surface area contributed by atoms with Crippen molar-refractivity contribution >= 4 is 17.5 Å². The van der Waals surface area contributed by atoms with Crippen LogP contribution in [-0.4, -0.2) is 17.6 Å². The quantitative estimate of drug-likeness (QED) is 0.901. The molecule has 2 N–H and O–H groups in total. The van der Waals surface area contributed by atoms with Crippen LogP contribution in [0.15, 0.2) is 48.5 Å². The van der Waals surface area contributed by atoms with Crippen molar-refractivity contribution in [3.05, 3.63) is 64.7 Å². The lowest BCUT2D eigenvalue weighted by Crippen LogP contribution is -2.25. The van der Waals surface area contributed by atoms with Crippen LogP contribution < -0.4 is 5.32 Å². The summed E-state index contributed by atoms with van der Waals surface area (Å²) in [6.07, 6.45) is 0.776. The molecule has 0 atom stereocenters. The van der Waals surface area contributed by atoms with Crippen molar-refractivity contribution in [3.8, 4) is 5.75 Å². The lowest BCUT2D eigenvalue weighted by atomic mass is 10.1. The van der Waals surface area contributed by atoms with E-state index in [1.165, 1.54) is 17.7 Å². The second-order valence-corrected chi connectivity index (χ2v) is 4.56. The van der Waals surface area contributed by atoms with Crippen LogP contribution in [0.4, 0.5) is 0 Å². The number of carbonyl (C=O) groups excluding carboxylic acids is 1. The molecule has 0 spiro atoms. The van der Waals surface area contributed by atoms with Gasteiger partial charge in [0.15, 0.2) is 0 Å². The molecular weight excluding hydrogens is 262 g/mol. The van der Waals surface area contributed by atoms with Gasteiger partial charge in [-0.1, -0.05) is 41.9 Å². The number of rotatable bonds is 4. The summed E-state index contributed by atoms with van der Waals surface area (Å²) in [5.41, 5.74) is 1.61. The fraction of sp³-hybridized carbons (Fsp3) is 0.133. The van der Waals surface area contributed by atoms with Gasteiger partial charge in [-0.3, -0.25) is 4.79 Å². The molecule has 0 saturated carbocycles. The summed E-state index contributed by atoms with van der Waals surface area (Å²) in [5.74, 6) is -0.222. The van der Waals surface area contributed by atoms with Gasteiger partial charge in [0.25, 0.3) is 5.91 Å². The van der Waals surface area contributed by atoms with Gasteiger partial charge in [0.1, 0.15) is 5.75 Å². The third-order valence-electron chi connectivity index (χ3n) is 2.75. The Morgan fingerprint density at radius 1 is 1.16 bits per heavy atom. The van der Waals surface area contributed by atoms with Crippen LogP contribution in [0.5, 0.6) is 5.75 Å². The largest absolute Gasteiger partial charge is 0.506 e. The van der Waals surface area contributed by atoms with E-state index >= 15 is 0 Å². The minimum atomic E-state index is -0.196. The highest BCUT2D eigenvalue weighted by Gasteiger charge is 2.07. The smallest absolute Gasteiger partial charge is 0.251 e. The zero-order valence-corrected chi connectivity index (χ0v) is 11.0. The molecule has 0 unspecified atom stereocenters. The molecule has 0 aliphatic heterocycles. The van der Waals surface area contributed by atoms with E-state index in [-0.39, 0.29) is 16.7 Å². The Morgan fingerprint density at radius 2 is 1.89 bits per heavy atom. The highest BCUT2D eigenvalue weighted by atomic mass is 35.5. The molecule has 19 heavy (non-hydrogen) atoms. The van der Waals surface area contributed by atoms with Crippen molar-refractivity contribution in [3.63, 3.8) is 0 Å². The number of nitrogens with one attached hydrogen (secondary N) is 1. The zero-order valence-electron chi connectivity index (χ0n) is 10.3. The average Bonchev–Trinajstić information content (AvgIpc) is 2.43. The number of aromatic hydroxyl groups is 1. The highest BCUT2D eigenvalue weighted by Crippen LogP contribution is 2.23. The van der Waals surface area contributed by atoms with E-state index in [0.717, 1.165) is 6.42 Å². The molecular formula is C15H14ClNO2. The van der Waals surface area contributed by atoms with Gasteiger partial charge >= 0.3 is 0 Å². The number of phenolic OH excluding ortho intramolecular Hbond substituents is 1. The molecule has 2 aromatic carbocycles. The van der Waals surface area contributed by atoms with E-state index in [1.807, 2.05) is 30.3 Å². The summed E-state index contributed by atoms with van der Waals surface area (Å²) in [4.78, 5) is 11.8. The Morgan fingerprint density at radius 3 is 2.58 bits per heavy atom. The fourth-order valence-corrected chi connectivity index (χ4v) is 1.90. The number of phenols is 1. The maximum atomic E-state index is 11.8. The molecule has 0 heterocycles. The first kappa shape index (κ1) is 13.4. The molecule has 0 aromatic heterocycles. The maximum absolute atomic E-state index is 11.8. The van der Waals surface area contributed by atoms with Gasteiger partial charge in [-0.25, -0.2) is 0 Å². The number of hydrogen-bond donors (Lipinski definition) is 2. The molecule has 3 nitrogen and oxygen atoms in total. The lowest BCUT2D eigenvalue weighted by Gasteiger charge is -2.06. The van der Waals surface area contributed by atoms with Crippen LogP contribution in [0.25, 0.3) is 0 Å². The van der Waals surface area contributed by atoms with Crippen molar-refractivity contribution < 1.29 is 9.90 Å². The topological polar surface area (TPSA) is 49.3 Å². The van der Waals surface area contributed by atoms with Crippen LogP contribution in [0.2, 0.25) is 5.02 Å². The Bertz CT molecular complexity index is 570. The Labute approximate surface area is 116 Å². The molecule has 0 radical (unpaired) electrons. The van der Waals surface area contributed by atoms with E-state index in [2.05, 4.69) is 5.32 Å². The van der Waals surface area contributed by atoms with E-state index < -0.39 is 0 Å². The summed E-state index contributed by atoms with van der Waals surface area (Å²) >= 11 is 5.76. The Balaban J connectivity index is 1.89. The second-order valence-electron chi connectivity index (χ2n) is 4.16. The standard InChI is InChI=1S/C15H14ClNO2/c16-13-10-12(6-7-14(13)18)15(19)17-9-8-11-4-2-1-3-5-11/h1-7,10,18H,8-9H2,(H,17,19). The second kappa shape index (κ2) is 6.25. The van der Waals surface area contributed by atoms with Gasteiger partial charge in [-0.15, -0.1) is 0 Å². The minimum Gasteiger partial charge on any atom is -0.506 e. The SMILES string of the molecule is O=C(NCCc1ccccc1)c1ccc(O)c(Cl)c1. The Kier molecular flexibility index (Phi) is 4.42. The van der Waals surface area contributed by atoms with Crippen LogP contribution >= 0.6 is 11.6 Å². The monoisotopic (exact) mass is 275 g/mol. The number of hydrogen-bond acceptors (Lipinski definition) is 2. The molecule has 2 rings (SSSR count). The molecule has 0 saturated heterocycles. The summed E-state index contributed by atoms with van der Waals surface area (Å²) in [6.45, 7) is 0.557. The van der Waals surface area contributed by atoms with Crippen molar-refractivity contribution in [2.24, 2.45) is 0 Å². The van der Waals surface area contributed by atoms with Crippen LogP contribution in [0.3, 0.4) is 0 Å². The predicted molar refractivity (Wildman–Crippen MR) is 75.6 cm³/mol. The molecule has 1 amide bonds. The Hall–Kier alpha value is -2.00. The minimum absolute atomic E-state index is 0.0255.